The fourth-order valence-corrected chi connectivity index (χ4v) is 1.37. The fourth-order valence-electron chi connectivity index (χ4n) is 1.37. The first-order chi connectivity index (χ1) is 7.04. The molecule has 0 atom stereocenters. The molecule has 2 aromatic rings. The van der Waals surface area contributed by atoms with Crippen molar-refractivity contribution in [2.45, 2.75) is 19.3 Å². The molecule has 0 aromatic carbocycles. The quantitative estimate of drug-likeness (QED) is 0.755. The zero-order valence-corrected chi connectivity index (χ0v) is 8.94. The Bertz CT molecular complexity index is 510. The third-order valence-corrected chi connectivity index (χ3v) is 2.56. The third kappa shape index (κ3) is 1.48. The average molecular weight is 202 g/mol. The van der Waals surface area contributed by atoms with Crippen molar-refractivity contribution in [2.75, 3.05) is 5.73 Å². The topological polar surface area (TPSA) is 56.2 Å². The van der Waals surface area contributed by atoms with Crippen LogP contribution in [0.5, 0.6) is 0 Å². The minimum Gasteiger partial charge on any atom is -0.384 e. The monoisotopic (exact) mass is 202 g/mol. The van der Waals surface area contributed by atoms with Crippen molar-refractivity contribution >= 4 is 11.5 Å². The molecule has 0 saturated heterocycles. The molecule has 2 rings (SSSR count). The molecule has 0 aliphatic rings. The van der Waals surface area contributed by atoms with Crippen molar-refractivity contribution in [3.63, 3.8) is 0 Å². The van der Waals surface area contributed by atoms with Gasteiger partial charge in [0.1, 0.15) is 5.82 Å². The van der Waals surface area contributed by atoms with Crippen LogP contribution in [0.1, 0.15) is 19.5 Å². The van der Waals surface area contributed by atoms with Crippen LogP contribution in [-0.4, -0.2) is 14.6 Å². The molecule has 2 N–H and O–H groups in total. The standard InChI is InChI=1S/C11H14N4/c1-4-11(2,3)8-7-9(12)15-10(14-8)5-6-13-15/h4-7H,1,12H2,2-3H3. The van der Waals surface area contributed by atoms with Crippen LogP contribution in [0.2, 0.25) is 0 Å². The summed E-state index contributed by atoms with van der Waals surface area (Å²) in [5.41, 5.74) is 7.37. The number of nitrogens with zero attached hydrogens (tertiary/aromatic N) is 3. The highest BCUT2D eigenvalue weighted by Crippen LogP contribution is 2.24. The lowest BCUT2D eigenvalue weighted by molar-refractivity contribution is 0.644. The van der Waals surface area contributed by atoms with Gasteiger partial charge in [0.05, 0.1) is 11.9 Å². The summed E-state index contributed by atoms with van der Waals surface area (Å²) in [6, 6.07) is 3.67. The molecule has 4 heteroatoms. The summed E-state index contributed by atoms with van der Waals surface area (Å²) in [5.74, 6) is 0.593. The summed E-state index contributed by atoms with van der Waals surface area (Å²) in [5, 5.41) is 4.07. The molecule has 4 nitrogen and oxygen atoms in total. The van der Waals surface area contributed by atoms with Crippen LogP contribution in [0.15, 0.2) is 31.0 Å². The minimum absolute atomic E-state index is 0.180. The molecule has 0 radical (unpaired) electrons. The molecular weight excluding hydrogens is 188 g/mol. The van der Waals surface area contributed by atoms with E-state index in [0.29, 0.717) is 5.82 Å². The van der Waals surface area contributed by atoms with E-state index in [-0.39, 0.29) is 5.41 Å². The second kappa shape index (κ2) is 3.08. The SMILES string of the molecule is C=CC(C)(C)c1cc(N)n2nccc2n1. The zero-order chi connectivity index (χ0) is 11.1. The number of hydrogen-bond acceptors (Lipinski definition) is 3. The number of rotatable bonds is 2. The largest absolute Gasteiger partial charge is 0.384 e. The molecule has 15 heavy (non-hydrogen) atoms. The normalized spacial score (nSPS) is 11.9. The molecule has 0 saturated carbocycles. The molecule has 0 unspecified atom stereocenters. The second-order valence-corrected chi connectivity index (χ2v) is 4.09. The van der Waals surface area contributed by atoms with Gasteiger partial charge in [0.2, 0.25) is 0 Å². The van der Waals surface area contributed by atoms with Gasteiger partial charge in [-0.05, 0) is 0 Å². The second-order valence-electron chi connectivity index (χ2n) is 4.09. The van der Waals surface area contributed by atoms with E-state index in [1.54, 1.807) is 10.7 Å². The molecule has 0 amide bonds. The maximum absolute atomic E-state index is 5.88. The molecule has 0 spiro atoms. The summed E-state index contributed by atoms with van der Waals surface area (Å²) < 4.78 is 1.61. The van der Waals surface area contributed by atoms with Crippen molar-refractivity contribution in [2.24, 2.45) is 0 Å². The molecule has 2 aromatic heterocycles. The Morgan fingerprint density at radius 3 is 2.93 bits per heavy atom. The van der Waals surface area contributed by atoms with Crippen LogP contribution in [0, 0.1) is 0 Å². The zero-order valence-electron chi connectivity index (χ0n) is 8.94. The summed E-state index contributed by atoms with van der Waals surface area (Å²) in [6.45, 7) is 7.90. The van der Waals surface area contributed by atoms with E-state index in [0.717, 1.165) is 11.3 Å². The van der Waals surface area contributed by atoms with Gasteiger partial charge in [-0.2, -0.15) is 9.61 Å². The third-order valence-electron chi connectivity index (χ3n) is 2.56. The highest BCUT2D eigenvalue weighted by Gasteiger charge is 2.19. The summed E-state index contributed by atoms with van der Waals surface area (Å²) in [7, 11) is 0. The Morgan fingerprint density at radius 2 is 2.27 bits per heavy atom. The first-order valence-corrected chi connectivity index (χ1v) is 4.79. The van der Waals surface area contributed by atoms with Crippen LogP contribution in [-0.2, 0) is 5.41 Å². The number of anilines is 1. The molecular formula is C11H14N4. The van der Waals surface area contributed by atoms with Crippen molar-refractivity contribution in [3.8, 4) is 0 Å². The number of nitrogens with two attached hydrogens (primary N) is 1. The van der Waals surface area contributed by atoms with Crippen LogP contribution >= 0.6 is 0 Å². The number of fused-ring (bicyclic) bond motifs is 1. The van der Waals surface area contributed by atoms with Crippen LogP contribution < -0.4 is 5.73 Å². The maximum Gasteiger partial charge on any atom is 0.157 e. The van der Waals surface area contributed by atoms with E-state index < -0.39 is 0 Å². The van der Waals surface area contributed by atoms with Gasteiger partial charge in [0, 0.05) is 17.5 Å². The number of aromatic nitrogens is 3. The predicted molar refractivity (Wildman–Crippen MR) is 60.6 cm³/mol. The Kier molecular flexibility index (Phi) is 2.00. The lowest BCUT2D eigenvalue weighted by atomic mass is 9.89. The molecule has 2 heterocycles. The lowest BCUT2D eigenvalue weighted by Crippen LogP contribution is -2.17. The number of hydrogen-bond donors (Lipinski definition) is 1. The van der Waals surface area contributed by atoms with Gasteiger partial charge in [-0.3, -0.25) is 0 Å². The Balaban J connectivity index is 2.68. The molecule has 0 bridgehead atoms. The Hall–Kier alpha value is -1.84. The van der Waals surface area contributed by atoms with Gasteiger partial charge in [-0.25, -0.2) is 4.98 Å². The first-order valence-electron chi connectivity index (χ1n) is 4.79. The highest BCUT2D eigenvalue weighted by molar-refractivity contribution is 5.48. The molecule has 0 aliphatic carbocycles. The van der Waals surface area contributed by atoms with Gasteiger partial charge >= 0.3 is 0 Å². The van der Waals surface area contributed by atoms with Crippen LogP contribution in [0.25, 0.3) is 5.65 Å². The molecule has 0 fully saturated rings. The minimum atomic E-state index is -0.180. The van der Waals surface area contributed by atoms with Crippen LogP contribution in [0.4, 0.5) is 5.82 Å². The average Bonchev–Trinajstić information content (AvgIpc) is 2.66. The lowest BCUT2D eigenvalue weighted by Gasteiger charge is -2.19. The van der Waals surface area contributed by atoms with Gasteiger partial charge in [0.15, 0.2) is 5.65 Å². The van der Waals surface area contributed by atoms with E-state index in [9.17, 15) is 0 Å². The van der Waals surface area contributed by atoms with Crippen LogP contribution in [0.3, 0.4) is 0 Å². The summed E-state index contributed by atoms with van der Waals surface area (Å²) in [4.78, 5) is 4.49. The smallest absolute Gasteiger partial charge is 0.157 e. The van der Waals surface area contributed by atoms with Gasteiger partial charge < -0.3 is 5.73 Å². The van der Waals surface area contributed by atoms with Crippen molar-refractivity contribution in [1.29, 1.82) is 0 Å². The first kappa shape index (κ1) is 9.71. The highest BCUT2D eigenvalue weighted by atomic mass is 15.3. The Labute approximate surface area is 88.4 Å². The van der Waals surface area contributed by atoms with Gasteiger partial charge in [-0.1, -0.05) is 19.9 Å². The predicted octanol–water partition coefficient (Wildman–Crippen LogP) is 1.78. The molecule has 78 valence electrons. The Morgan fingerprint density at radius 1 is 1.53 bits per heavy atom. The van der Waals surface area contributed by atoms with Gasteiger partial charge in [0.25, 0.3) is 0 Å². The van der Waals surface area contributed by atoms with Crippen molar-refractivity contribution in [3.05, 3.63) is 36.7 Å². The molecule has 0 aliphatic heterocycles. The summed E-state index contributed by atoms with van der Waals surface area (Å²) in [6.07, 6.45) is 3.55. The van der Waals surface area contributed by atoms with E-state index in [1.807, 2.05) is 18.2 Å². The fraction of sp³-hybridized carbons (Fsp3) is 0.273. The number of nitrogen functional groups attached to an aromatic ring is 1. The van der Waals surface area contributed by atoms with E-state index >= 15 is 0 Å². The van der Waals surface area contributed by atoms with E-state index in [4.69, 9.17) is 5.73 Å². The number of allylic oxidation sites excluding steroid dienone is 1. The summed E-state index contributed by atoms with van der Waals surface area (Å²) >= 11 is 0. The van der Waals surface area contributed by atoms with E-state index in [2.05, 4.69) is 30.5 Å². The maximum atomic E-state index is 5.88. The van der Waals surface area contributed by atoms with Crippen molar-refractivity contribution < 1.29 is 0 Å². The van der Waals surface area contributed by atoms with Gasteiger partial charge in [-0.15, -0.1) is 6.58 Å². The van der Waals surface area contributed by atoms with E-state index in [1.165, 1.54) is 0 Å². The van der Waals surface area contributed by atoms with Crippen molar-refractivity contribution in [1.82, 2.24) is 14.6 Å².